The molecule has 2 amide bonds. The molecule has 0 spiro atoms. The molecule has 21 heavy (non-hydrogen) atoms. The predicted octanol–water partition coefficient (Wildman–Crippen LogP) is -0.158. The minimum Gasteiger partial charge on any atom is -0.355 e. The van der Waals surface area contributed by atoms with Crippen molar-refractivity contribution in [2.24, 2.45) is 0 Å². The molecule has 1 rings (SSSR count). The summed E-state index contributed by atoms with van der Waals surface area (Å²) in [6.45, 7) is 4.11. The normalized spacial score (nSPS) is 11.8. The van der Waals surface area contributed by atoms with Gasteiger partial charge < -0.3 is 16.0 Å². The highest BCUT2D eigenvalue weighted by molar-refractivity contribution is 5.84. The Morgan fingerprint density at radius 1 is 1.19 bits per heavy atom. The van der Waals surface area contributed by atoms with Crippen molar-refractivity contribution in [3.8, 4) is 0 Å². The Morgan fingerprint density at radius 3 is 2.52 bits per heavy atom. The summed E-state index contributed by atoms with van der Waals surface area (Å²) in [5, 5.41) is 6.72. The number of nitrogens with two attached hydrogens (primary N) is 1. The van der Waals surface area contributed by atoms with E-state index in [1.807, 2.05) is 0 Å². The molecule has 0 bridgehead atoms. The van der Waals surface area contributed by atoms with Crippen LogP contribution in [0.5, 0.6) is 0 Å². The van der Waals surface area contributed by atoms with Crippen molar-refractivity contribution >= 4 is 11.8 Å². The van der Waals surface area contributed by atoms with Crippen LogP contribution in [-0.2, 0) is 9.59 Å². The second-order valence-corrected chi connectivity index (χ2v) is 4.63. The molecule has 1 aromatic rings. The molecule has 0 heterocycles. The Balaban J connectivity index is 2.38. The molecule has 1 aromatic carbocycles. The zero-order chi connectivity index (χ0) is 15.8. The van der Waals surface area contributed by atoms with Crippen LogP contribution < -0.4 is 16.0 Å². The number of quaternary nitrogens is 1. The summed E-state index contributed by atoms with van der Waals surface area (Å²) in [6.07, 6.45) is 0. The lowest BCUT2D eigenvalue weighted by Gasteiger charge is -2.11. The van der Waals surface area contributed by atoms with E-state index in [1.165, 1.54) is 6.07 Å². The van der Waals surface area contributed by atoms with E-state index in [9.17, 15) is 18.4 Å². The Hall–Kier alpha value is -2.02. The summed E-state index contributed by atoms with van der Waals surface area (Å²) in [5.74, 6) is -2.35. The number of amides is 2. The second kappa shape index (κ2) is 8.31. The van der Waals surface area contributed by atoms with Crippen LogP contribution in [0, 0.1) is 11.6 Å². The first kappa shape index (κ1) is 17.0. The Bertz CT molecular complexity index is 509. The van der Waals surface area contributed by atoms with Gasteiger partial charge in [-0.25, -0.2) is 8.78 Å². The highest BCUT2D eigenvalue weighted by Crippen LogP contribution is 2.12. The molecular weight excluding hydrogens is 280 g/mol. The first-order valence-corrected chi connectivity index (χ1v) is 6.75. The third kappa shape index (κ3) is 5.86. The highest BCUT2D eigenvalue weighted by Gasteiger charge is 2.14. The summed E-state index contributed by atoms with van der Waals surface area (Å²) < 4.78 is 25.9. The zero-order valence-corrected chi connectivity index (χ0v) is 12.1. The fourth-order valence-electron chi connectivity index (χ4n) is 1.73. The van der Waals surface area contributed by atoms with Crippen molar-refractivity contribution in [2.75, 3.05) is 19.6 Å². The van der Waals surface area contributed by atoms with Crippen LogP contribution in [0.2, 0.25) is 0 Å². The first-order valence-electron chi connectivity index (χ1n) is 6.75. The molecule has 0 aliphatic carbocycles. The van der Waals surface area contributed by atoms with E-state index < -0.39 is 11.6 Å². The Morgan fingerprint density at radius 2 is 1.90 bits per heavy atom. The van der Waals surface area contributed by atoms with Crippen molar-refractivity contribution in [1.29, 1.82) is 0 Å². The molecule has 0 aromatic heterocycles. The van der Waals surface area contributed by atoms with Crippen LogP contribution in [0.1, 0.15) is 25.5 Å². The quantitative estimate of drug-likeness (QED) is 0.655. The molecule has 1 atom stereocenters. The van der Waals surface area contributed by atoms with Crippen molar-refractivity contribution in [3.63, 3.8) is 0 Å². The standard InChI is InChI=1S/C14H19F2N3O2/c1-3-17-13(20)8-19-14(21)7-18-9(2)10-4-5-11(15)12(16)6-10/h4-6,9,18H,3,7-8H2,1-2H3,(H,17,20)(H,19,21)/p+1/t9-/m1/s1. The average molecular weight is 300 g/mol. The van der Waals surface area contributed by atoms with E-state index >= 15 is 0 Å². The lowest BCUT2D eigenvalue weighted by atomic mass is 10.1. The minimum atomic E-state index is -0.909. The lowest BCUT2D eigenvalue weighted by molar-refractivity contribution is -0.682. The topological polar surface area (TPSA) is 74.8 Å². The van der Waals surface area contributed by atoms with Gasteiger partial charge in [-0.2, -0.15) is 0 Å². The van der Waals surface area contributed by atoms with E-state index in [0.717, 1.165) is 12.1 Å². The second-order valence-electron chi connectivity index (χ2n) is 4.63. The minimum absolute atomic E-state index is 0.0694. The van der Waals surface area contributed by atoms with Crippen molar-refractivity contribution in [3.05, 3.63) is 35.4 Å². The summed E-state index contributed by atoms with van der Waals surface area (Å²) in [6, 6.07) is 3.45. The average Bonchev–Trinajstić information content (AvgIpc) is 2.45. The number of nitrogens with one attached hydrogen (secondary N) is 2. The van der Waals surface area contributed by atoms with Gasteiger partial charge in [0.15, 0.2) is 18.2 Å². The summed E-state index contributed by atoms with van der Waals surface area (Å²) >= 11 is 0. The summed E-state index contributed by atoms with van der Waals surface area (Å²) in [4.78, 5) is 22.7. The van der Waals surface area contributed by atoms with Crippen LogP contribution in [0.25, 0.3) is 0 Å². The number of carbonyl (C=O) groups excluding carboxylic acids is 2. The molecule has 0 saturated carbocycles. The smallest absolute Gasteiger partial charge is 0.275 e. The number of halogens is 2. The van der Waals surface area contributed by atoms with Crippen molar-refractivity contribution in [1.82, 2.24) is 10.6 Å². The van der Waals surface area contributed by atoms with Gasteiger partial charge in [0.05, 0.1) is 6.54 Å². The molecule has 4 N–H and O–H groups in total. The van der Waals surface area contributed by atoms with Gasteiger partial charge in [-0.1, -0.05) is 0 Å². The third-order valence-corrected chi connectivity index (χ3v) is 2.95. The number of benzene rings is 1. The largest absolute Gasteiger partial charge is 0.355 e. The molecule has 116 valence electrons. The monoisotopic (exact) mass is 300 g/mol. The Kier molecular flexibility index (Phi) is 6.74. The summed E-state index contributed by atoms with van der Waals surface area (Å²) in [5.41, 5.74) is 0.588. The number of rotatable bonds is 7. The molecule has 0 saturated heterocycles. The van der Waals surface area contributed by atoms with E-state index in [-0.39, 0.29) is 30.9 Å². The molecular formula is C14H20F2N3O2+. The fourth-order valence-corrected chi connectivity index (χ4v) is 1.73. The van der Waals surface area contributed by atoms with Gasteiger partial charge in [0, 0.05) is 12.1 Å². The number of hydrogen-bond acceptors (Lipinski definition) is 2. The number of likely N-dealkylation sites (N-methyl/N-ethyl adjacent to an activating group) is 1. The van der Waals surface area contributed by atoms with Crippen molar-refractivity contribution < 1.29 is 23.7 Å². The maximum atomic E-state index is 13.1. The van der Waals surface area contributed by atoms with Crippen LogP contribution in [0.4, 0.5) is 8.78 Å². The zero-order valence-electron chi connectivity index (χ0n) is 12.1. The van der Waals surface area contributed by atoms with Gasteiger partial charge in [0.1, 0.15) is 6.04 Å². The maximum Gasteiger partial charge on any atom is 0.275 e. The van der Waals surface area contributed by atoms with Crippen LogP contribution >= 0.6 is 0 Å². The Labute approximate surface area is 122 Å². The van der Waals surface area contributed by atoms with E-state index in [2.05, 4.69) is 10.6 Å². The molecule has 0 radical (unpaired) electrons. The predicted molar refractivity (Wildman–Crippen MR) is 73.3 cm³/mol. The third-order valence-electron chi connectivity index (χ3n) is 2.95. The van der Waals surface area contributed by atoms with Gasteiger partial charge in [0.25, 0.3) is 5.91 Å². The van der Waals surface area contributed by atoms with Gasteiger partial charge in [0.2, 0.25) is 5.91 Å². The molecule has 0 fully saturated rings. The molecule has 0 aliphatic heterocycles. The number of hydrogen-bond donors (Lipinski definition) is 3. The maximum absolute atomic E-state index is 13.1. The van der Waals surface area contributed by atoms with E-state index in [4.69, 9.17) is 0 Å². The van der Waals surface area contributed by atoms with Gasteiger partial charge in [-0.3, -0.25) is 9.59 Å². The highest BCUT2D eigenvalue weighted by atomic mass is 19.2. The van der Waals surface area contributed by atoms with Crippen LogP contribution in [0.15, 0.2) is 18.2 Å². The van der Waals surface area contributed by atoms with Gasteiger partial charge in [-0.15, -0.1) is 0 Å². The SMILES string of the molecule is CCNC(=O)CNC(=O)C[NH2+][C@H](C)c1ccc(F)c(F)c1. The molecule has 7 heteroatoms. The van der Waals surface area contributed by atoms with Crippen molar-refractivity contribution in [2.45, 2.75) is 19.9 Å². The van der Waals surface area contributed by atoms with E-state index in [1.54, 1.807) is 19.2 Å². The number of carbonyl (C=O) groups is 2. The van der Waals surface area contributed by atoms with Crippen LogP contribution in [0.3, 0.4) is 0 Å². The summed E-state index contributed by atoms with van der Waals surface area (Å²) in [7, 11) is 0. The first-order chi connectivity index (χ1) is 9.93. The lowest BCUT2D eigenvalue weighted by Crippen LogP contribution is -2.87. The van der Waals surface area contributed by atoms with Gasteiger partial charge >= 0.3 is 0 Å². The molecule has 0 unspecified atom stereocenters. The molecule has 5 nitrogen and oxygen atoms in total. The van der Waals surface area contributed by atoms with Crippen LogP contribution in [-0.4, -0.2) is 31.4 Å². The fraction of sp³-hybridized carbons (Fsp3) is 0.429. The van der Waals surface area contributed by atoms with Gasteiger partial charge in [-0.05, 0) is 32.0 Å². The van der Waals surface area contributed by atoms with E-state index in [0.29, 0.717) is 12.1 Å². The molecule has 0 aliphatic rings.